The molecule has 0 saturated carbocycles. The van der Waals surface area contributed by atoms with E-state index in [1.807, 2.05) is 36.4 Å². The highest BCUT2D eigenvalue weighted by Crippen LogP contribution is 2.43. The zero-order valence-corrected chi connectivity index (χ0v) is 16.7. The van der Waals surface area contributed by atoms with Crippen molar-refractivity contribution in [2.45, 2.75) is 19.3 Å². The Hall–Kier alpha value is -2.91. The first kappa shape index (κ1) is 18.5. The van der Waals surface area contributed by atoms with Gasteiger partial charge in [0.05, 0.1) is 36.3 Å². The molecule has 2 aliphatic rings. The summed E-state index contributed by atoms with van der Waals surface area (Å²) < 4.78 is 5.22. The van der Waals surface area contributed by atoms with E-state index in [2.05, 4.69) is 30.0 Å². The van der Waals surface area contributed by atoms with Crippen molar-refractivity contribution in [1.29, 1.82) is 5.26 Å². The van der Waals surface area contributed by atoms with E-state index < -0.39 is 0 Å². The van der Waals surface area contributed by atoms with Crippen molar-refractivity contribution in [1.82, 2.24) is 4.90 Å². The molecule has 6 heteroatoms. The molecular formula is C22H21N3O2S. The molecule has 2 aromatic rings. The Labute approximate surface area is 169 Å². The summed E-state index contributed by atoms with van der Waals surface area (Å²) in [7, 11) is 1.62. The van der Waals surface area contributed by atoms with E-state index in [1.165, 1.54) is 5.56 Å². The number of ether oxygens (including phenoxy) is 1. The number of benzene rings is 2. The van der Waals surface area contributed by atoms with Crippen LogP contribution in [0.15, 0.2) is 59.1 Å². The monoisotopic (exact) mass is 391 g/mol. The molecule has 0 N–H and O–H groups in total. The fourth-order valence-electron chi connectivity index (χ4n) is 3.75. The number of hydrogen-bond acceptors (Lipinski definition) is 5. The van der Waals surface area contributed by atoms with Crippen LogP contribution in [0.1, 0.15) is 23.5 Å². The van der Waals surface area contributed by atoms with Crippen LogP contribution in [0.5, 0.6) is 5.75 Å². The van der Waals surface area contributed by atoms with Gasteiger partial charge in [0.1, 0.15) is 5.75 Å². The lowest BCUT2D eigenvalue weighted by atomic mass is 9.86. The molecule has 2 heterocycles. The van der Waals surface area contributed by atoms with Gasteiger partial charge in [-0.3, -0.25) is 9.69 Å². The van der Waals surface area contributed by atoms with Crippen LogP contribution in [-0.4, -0.2) is 30.5 Å². The first-order chi connectivity index (χ1) is 13.6. The first-order valence-electron chi connectivity index (χ1n) is 9.14. The van der Waals surface area contributed by atoms with Crippen molar-refractivity contribution in [3.63, 3.8) is 0 Å². The van der Waals surface area contributed by atoms with Gasteiger partial charge in [0.25, 0.3) is 0 Å². The Morgan fingerprint density at radius 3 is 2.61 bits per heavy atom. The number of thioether (sulfide) groups is 1. The summed E-state index contributed by atoms with van der Waals surface area (Å²) in [5.74, 6) is 1.33. The van der Waals surface area contributed by atoms with Gasteiger partial charge in [0, 0.05) is 18.0 Å². The van der Waals surface area contributed by atoms with Crippen molar-refractivity contribution in [2.24, 2.45) is 0 Å². The second-order valence-electron chi connectivity index (χ2n) is 6.92. The third kappa shape index (κ3) is 3.23. The number of allylic oxidation sites excluding steroid dienone is 1. The van der Waals surface area contributed by atoms with Crippen molar-refractivity contribution in [3.05, 3.63) is 70.3 Å². The SMILES string of the molecule is COc1ccc(C2CC(=O)N3CN(c4ccccc4C)CSC3=C2C#N)cc1. The van der Waals surface area contributed by atoms with Crippen molar-refractivity contribution in [2.75, 3.05) is 24.6 Å². The van der Waals surface area contributed by atoms with Gasteiger partial charge >= 0.3 is 0 Å². The summed E-state index contributed by atoms with van der Waals surface area (Å²) in [6.07, 6.45) is 0.306. The molecule has 5 nitrogen and oxygen atoms in total. The number of para-hydroxylation sites is 1. The lowest BCUT2D eigenvalue weighted by Crippen LogP contribution is -2.47. The number of carbonyl (C=O) groups is 1. The van der Waals surface area contributed by atoms with Gasteiger partial charge in [0.15, 0.2) is 0 Å². The number of amides is 1. The number of aryl methyl sites for hydroxylation is 1. The van der Waals surface area contributed by atoms with E-state index in [-0.39, 0.29) is 11.8 Å². The molecule has 0 bridgehead atoms. The molecule has 0 aromatic heterocycles. The number of nitrogens with zero attached hydrogens (tertiary/aromatic N) is 3. The zero-order valence-electron chi connectivity index (χ0n) is 15.9. The van der Waals surface area contributed by atoms with E-state index >= 15 is 0 Å². The summed E-state index contributed by atoms with van der Waals surface area (Å²) >= 11 is 1.56. The number of nitriles is 1. The fraction of sp³-hybridized carbons (Fsp3) is 0.273. The van der Waals surface area contributed by atoms with Crippen LogP contribution in [0.3, 0.4) is 0 Å². The average molecular weight is 391 g/mol. The Balaban J connectivity index is 1.66. The summed E-state index contributed by atoms with van der Waals surface area (Å²) in [4.78, 5) is 16.9. The number of methoxy groups -OCH3 is 1. The molecule has 0 aliphatic carbocycles. The van der Waals surface area contributed by atoms with E-state index in [9.17, 15) is 10.1 Å². The molecule has 0 spiro atoms. The number of fused-ring (bicyclic) bond motifs is 1. The van der Waals surface area contributed by atoms with Crippen LogP contribution in [0.25, 0.3) is 0 Å². The van der Waals surface area contributed by atoms with Crippen molar-refractivity contribution < 1.29 is 9.53 Å². The molecule has 1 atom stereocenters. The van der Waals surface area contributed by atoms with E-state index in [0.717, 1.165) is 22.0 Å². The first-order valence-corrected chi connectivity index (χ1v) is 10.1. The predicted octanol–water partition coefficient (Wildman–Crippen LogP) is 4.22. The second-order valence-corrected chi connectivity index (χ2v) is 7.86. The number of rotatable bonds is 3. The van der Waals surface area contributed by atoms with Crippen LogP contribution in [0.2, 0.25) is 0 Å². The van der Waals surface area contributed by atoms with Crippen LogP contribution >= 0.6 is 11.8 Å². The second kappa shape index (κ2) is 7.61. The highest BCUT2D eigenvalue weighted by atomic mass is 32.2. The van der Waals surface area contributed by atoms with Crippen LogP contribution < -0.4 is 9.64 Å². The van der Waals surface area contributed by atoms with Crippen molar-refractivity contribution in [3.8, 4) is 11.8 Å². The molecule has 1 amide bonds. The summed E-state index contributed by atoms with van der Waals surface area (Å²) in [6.45, 7) is 2.55. The lowest BCUT2D eigenvalue weighted by molar-refractivity contribution is -0.129. The largest absolute Gasteiger partial charge is 0.497 e. The van der Waals surface area contributed by atoms with E-state index in [1.54, 1.807) is 23.8 Å². The Morgan fingerprint density at radius 1 is 1.18 bits per heavy atom. The lowest BCUT2D eigenvalue weighted by Gasteiger charge is -2.42. The minimum atomic E-state index is -0.202. The molecule has 1 saturated heterocycles. The molecule has 2 aliphatic heterocycles. The summed E-state index contributed by atoms with van der Waals surface area (Å²) in [5, 5.41) is 10.7. The maximum atomic E-state index is 13.0. The Kier molecular flexibility index (Phi) is 5.01. The molecule has 1 unspecified atom stereocenters. The number of anilines is 1. The summed E-state index contributed by atoms with van der Waals surface area (Å²) in [5.41, 5.74) is 3.95. The quantitative estimate of drug-likeness (QED) is 0.784. The maximum Gasteiger partial charge on any atom is 0.229 e. The highest BCUT2D eigenvalue weighted by molar-refractivity contribution is 8.03. The van der Waals surface area contributed by atoms with Crippen molar-refractivity contribution >= 4 is 23.4 Å². The van der Waals surface area contributed by atoms with Gasteiger partial charge < -0.3 is 9.64 Å². The number of hydrogen-bond donors (Lipinski definition) is 0. The third-order valence-electron chi connectivity index (χ3n) is 5.27. The highest BCUT2D eigenvalue weighted by Gasteiger charge is 2.38. The smallest absolute Gasteiger partial charge is 0.229 e. The standard InChI is InChI=1S/C22H21N3O2S/c1-15-5-3-4-6-20(15)24-13-25-21(26)11-18(19(12-23)22(25)28-14-24)16-7-9-17(27-2)10-8-16/h3-10,18H,11,13-14H2,1-2H3. The van der Waals surface area contributed by atoms with Crippen LogP contribution in [0, 0.1) is 18.3 Å². The van der Waals surface area contributed by atoms with Gasteiger partial charge in [-0.25, -0.2) is 0 Å². The molecule has 2 aromatic carbocycles. The topological polar surface area (TPSA) is 56.6 Å². The molecule has 4 rings (SSSR count). The third-order valence-corrected chi connectivity index (χ3v) is 6.42. The predicted molar refractivity (Wildman–Crippen MR) is 111 cm³/mol. The Morgan fingerprint density at radius 2 is 1.93 bits per heavy atom. The zero-order chi connectivity index (χ0) is 19.7. The van der Waals surface area contributed by atoms with Gasteiger partial charge in [-0.2, -0.15) is 5.26 Å². The van der Waals surface area contributed by atoms with E-state index in [4.69, 9.17) is 4.74 Å². The Bertz CT molecular complexity index is 978. The normalized spacial score (nSPS) is 19.3. The van der Waals surface area contributed by atoms with Gasteiger partial charge in [-0.05, 0) is 36.2 Å². The van der Waals surface area contributed by atoms with Crippen LogP contribution in [-0.2, 0) is 4.79 Å². The van der Waals surface area contributed by atoms with Gasteiger partial charge in [0.2, 0.25) is 5.91 Å². The molecule has 1 fully saturated rings. The molecule has 28 heavy (non-hydrogen) atoms. The minimum absolute atomic E-state index is 0.0561. The van der Waals surface area contributed by atoms with E-state index in [0.29, 0.717) is 24.5 Å². The average Bonchev–Trinajstić information content (AvgIpc) is 2.74. The molecule has 142 valence electrons. The maximum absolute atomic E-state index is 13.0. The molecule has 0 radical (unpaired) electrons. The van der Waals surface area contributed by atoms with Gasteiger partial charge in [-0.15, -0.1) is 0 Å². The number of carbonyl (C=O) groups excluding carboxylic acids is 1. The van der Waals surface area contributed by atoms with Gasteiger partial charge in [-0.1, -0.05) is 42.1 Å². The minimum Gasteiger partial charge on any atom is -0.497 e. The molecular weight excluding hydrogens is 370 g/mol. The van der Waals surface area contributed by atoms with Crippen LogP contribution in [0.4, 0.5) is 5.69 Å². The fourth-order valence-corrected chi connectivity index (χ4v) is 4.91. The summed E-state index contributed by atoms with van der Waals surface area (Å²) in [6, 6.07) is 18.2.